The highest BCUT2D eigenvalue weighted by atomic mass is 15.1. The summed E-state index contributed by atoms with van der Waals surface area (Å²) in [5.74, 6) is 0. The highest BCUT2D eigenvalue weighted by Gasteiger charge is 2.46. The summed E-state index contributed by atoms with van der Waals surface area (Å²) in [5.41, 5.74) is 17.8. The van der Waals surface area contributed by atoms with Crippen LogP contribution < -0.4 is 4.90 Å². The molecule has 60 heavy (non-hydrogen) atoms. The van der Waals surface area contributed by atoms with Gasteiger partial charge in [0.2, 0.25) is 0 Å². The lowest BCUT2D eigenvalue weighted by Crippen LogP contribution is -2.28. The van der Waals surface area contributed by atoms with Gasteiger partial charge in [-0.05, 0) is 114 Å². The summed E-state index contributed by atoms with van der Waals surface area (Å²) in [7, 11) is 0. The van der Waals surface area contributed by atoms with Crippen LogP contribution in [-0.4, -0.2) is 0 Å². The van der Waals surface area contributed by atoms with Gasteiger partial charge in [0.15, 0.2) is 0 Å². The molecule has 11 rings (SSSR count). The topological polar surface area (TPSA) is 3.24 Å². The Labute approximate surface area is 352 Å². The second-order valence-corrected chi connectivity index (χ2v) is 15.6. The summed E-state index contributed by atoms with van der Waals surface area (Å²) in [5, 5.41) is 2.53. The molecule has 1 aliphatic rings. The second kappa shape index (κ2) is 14.9. The van der Waals surface area contributed by atoms with Crippen LogP contribution in [0, 0.1) is 0 Å². The van der Waals surface area contributed by atoms with E-state index in [4.69, 9.17) is 0 Å². The van der Waals surface area contributed by atoms with E-state index in [1.54, 1.807) is 0 Å². The van der Waals surface area contributed by atoms with Crippen molar-refractivity contribution >= 4 is 27.8 Å². The van der Waals surface area contributed by atoms with Crippen LogP contribution in [0.5, 0.6) is 0 Å². The van der Waals surface area contributed by atoms with Gasteiger partial charge < -0.3 is 4.90 Å². The Morgan fingerprint density at radius 1 is 0.267 bits per heavy atom. The fourth-order valence-corrected chi connectivity index (χ4v) is 9.68. The average molecular weight is 764 g/mol. The Kier molecular flexibility index (Phi) is 8.79. The molecule has 1 aliphatic carbocycles. The van der Waals surface area contributed by atoms with Crippen molar-refractivity contribution in [2.45, 2.75) is 5.41 Å². The normalized spacial score (nSPS) is 12.5. The van der Waals surface area contributed by atoms with Crippen LogP contribution in [0.4, 0.5) is 17.1 Å². The quantitative estimate of drug-likeness (QED) is 0.149. The summed E-state index contributed by atoms with van der Waals surface area (Å²) in [6, 6.07) is 90.8. The van der Waals surface area contributed by atoms with Gasteiger partial charge in [-0.3, -0.25) is 0 Å². The van der Waals surface area contributed by atoms with Crippen molar-refractivity contribution in [2.24, 2.45) is 0 Å². The van der Waals surface area contributed by atoms with E-state index in [1.807, 2.05) is 0 Å². The predicted octanol–water partition coefficient (Wildman–Crippen LogP) is 15.7. The van der Waals surface area contributed by atoms with Crippen LogP contribution in [0.2, 0.25) is 0 Å². The number of rotatable bonds is 8. The molecular formula is C59H41N. The maximum Gasteiger partial charge on any atom is 0.0714 e. The summed E-state index contributed by atoms with van der Waals surface area (Å²) in [6.07, 6.45) is 0. The third-order valence-electron chi connectivity index (χ3n) is 12.4. The summed E-state index contributed by atoms with van der Waals surface area (Å²) in [6.45, 7) is 0. The first-order valence-corrected chi connectivity index (χ1v) is 20.8. The lowest BCUT2D eigenvalue weighted by molar-refractivity contribution is 0.768. The molecule has 0 fully saturated rings. The zero-order valence-electron chi connectivity index (χ0n) is 33.1. The molecule has 0 heterocycles. The molecule has 0 aromatic heterocycles. The van der Waals surface area contributed by atoms with Crippen LogP contribution >= 0.6 is 0 Å². The minimum atomic E-state index is -0.474. The summed E-state index contributed by atoms with van der Waals surface area (Å²) < 4.78 is 0. The van der Waals surface area contributed by atoms with Gasteiger partial charge in [0, 0.05) is 17.1 Å². The molecule has 0 bridgehead atoms. The van der Waals surface area contributed by atoms with Gasteiger partial charge in [-0.1, -0.05) is 212 Å². The molecule has 0 spiro atoms. The van der Waals surface area contributed by atoms with Gasteiger partial charge in [-0.15, -0.1) is 0 Å². The molecule has 0 radical (unpaired) electrons. The summed E-state index contributed by atoms with van der Waals surface area (Å²) >= 11 is 0. The Morgan fingerprint density at radius 3 is 1.32 bits per heavy atom. The molecule has 0 saturated carbocycles. The van der Waals surface area contributed by atoms with Gasteiger partial charge in [-0.25, -0.2) is 0 Å². The van der Waals surface area contributed by atoms with E-state index < -0.39 is 5.41 Å². The van der Waals surface area contributed by atoms with E-state index in [1.165, 1.54) is 77.5 Å². The minimum Gasteiger partial charge on any atom is -0.310 e. The minimum absolute atomic E-state index is 0.474. The van der Waals surface area contributed by atoms with Gasteiger partial charge in [0.1, 0.15) is 0 Å². The van der Waals surface area contributed by atoms with E-state index in [-0.39, 0.29) is 0 Å². The number of benzene rings is 10. The maximum absolute atomic E-state index is 2.44. The van der Waals surface area contributed by atoms with Crippen LogP contribution in [0.3, 0.4) is 0 Å². The van der Waals surface area contributed by atoms with E-state index in [0.29, 0.717) is 0 Å². The van der Waals surface area contributed by atoms with Crippen molar-refractivity contribution in [3.8, 4) is 44.5 Å². The second-order valence-electron chi connectivity index (χ2n) is 15.6. The van der Waals surface area contributed by atoms with E-state index in [0.717, 1.165) is 17.1 Å². The van der Waals surface area contributed by atoms with Gasteiger partial charge in [0.05, 0.1) is 5.41 Å². The first-order chi connectivity index (χ1) is 29.8. The van der Waals surface area contributed by atoms with Crippen molar-refractivity contribution in [1.29, 1.82) is 0 Å². The van der Waals surface area contributed by atoms with Gasteiger partial charge in [0.25, 0.3) is 0 Å². The molecule has 0 saturated heterocycles. The number of hydrogen-bond donors (Lipinski definition) is 0. The number of hydrogen-bond acceptors (Lipinski definition) is 1. The Morgan fingerprint density at radius 2 is 0.700 bits per heavy atom. The van der Waals surface area contributed by atoms with Crippen LogP contribution in [0.15, 0.2) is 249 Å². The SMILES string of the molecule is c1ccc(-c2cccc3cccc(-c4ccc(-c5ccc(N(c6ccccc6)c6ccc7c(c6)C(c6ccccc6)(c6ccccc6)c6ccccc6-7)cc5)cc4)c23)cc1. The highest BCUT2D eigenvalue weighted by molar-refractivity contribution is 6.06. The third kappa shape index (κ3) is 5.86. The van der Waals surface area contributed by atoms with Crippen molar-refractivity contribution in [3.63, 3.8) is 0 Å². The molecule has 10 aromatic rings. The molecule has 1 nitrogen and oxygen atoms in total. The highest BCUT2D eigenvalue weighted by Crippen LogP contribution is 2.57. The predicted molar refractivity (Wildman–Crippen MR) is 252 cm³/mol. The van der Waals surface area contributed by atoms with E-state index >= 15 is 0 Å². The lowest BCUT2D eigenvalue weighted by Gasteiger charge is -2.35. The molecule has 282 valence electrons. The number of nitrogens with zero attached hydrogens (tertiary/aromatic N) is 1. The molecule has 0 aliphatic heterocycles. The zero-order valence-corrected chi connectivity index (χ0v) is 33.1. The van der Waals surface area contributed by atoms with Crippen molar-refractivity contribution in [1.82, 2.24) is 0 Å². The molecule has 1 heteroatoms. The molecular weight excluding hydrogens is 723 g/mol. The van der Waals surface area contributed by atoms with Crippen molar-refractivity contribution in [2.75, 3.05) is 4.90 Å². The Bertz CT molecular complexity index is 3050. The Balaban J connectivity index is 0.992. The number of fused-ring (bicyclic) bond motifs is 4. The molecule has 0 amide bonds. The monoisotopic (exact) mass is 763 g/mol. The standard InChI is InChI=1S/C59H41N/c1-5-17-44(18-6-1)52-28-15-19-46-20-16-29-53(58(46)52)45-33-31-42(32-34-45)43-35-37-50(38-36-43)60(49-25-11-4-12-26-49)51-39-40-55-54-27-13-14-30-56(54)59(57(55)41-51,47-21-7-2-8-22-47)48-23-9-3-10-24-48/h1-41H. The molecule has 0 unspecified atom stereocenters. The number of anilines is 3. The van der Waals surface area contributed by atoms with Crippen LogP contribution in [0.1, 0.15) is 22.3 Å². The third-order valence-corrected chi connectivity index (χ3v) is 12.4. The van der Waals surface area contributed by atoms with Crippen molar-refractivity contribution in [3.05, 3.63) is 271 Å². The van der Waals surface area contributed by atoms with Crippen molar-refractivity contribution < 1.29 is 0 Å². The first kappa shape index (κ1) is 35.4. The maximum atomic E-state index is 2.44. The molecule has 10 aromatic carbocycles. The van der Waals surface area contributed by atoms with Gasteiger partial charge >= 0.3 is 0 Å². The van der Waals surface area contributed by atoms with Crippen LogP contribution in [-0.2, 0) is 5.41 Å². The smallest absolute Gasteiger partial charge is 0.0714 e. The van der Waals surface area contributed by atoms with E-state index in [2.05, 4.69) is 254 Å². The fraction of sp³-hybridized carbons (Fsp3) is 0.0169. The van der Waals surface area contributed by atoms with Crippen LogP contribution in [0.25, 0.3) is 55.3 Å². The zero-order chi connectivity index (χ0) is 39.9. The lowest BCUT2D eigenvalue weighted by atomic mass is 9.67. The first-order valence-electron chi connectivity index (χ1n) is 20.8. The summed E-state index contributed by atoms with van der Waals surface area (Å²) in [4.78, 5) is 2.39. The Hall–Kier alpha value is -7.74. The fourth-order valence-electron chi connectivity index (χ4n) is 9.68. The number of para-hydroxylation sites is 1. The van der Waals surface area contributed by atoms with E-state index in [9.17, 15) is 0 Å². The van der Waals surface area contributed by atoms with Gasteiger partial charge in [-0.2, -0.15) is 0 Å². The molecule has 0 N–H and O–H groups in total. The largest absolute Gasteiger partial charge is 0.310 e. The average Bonchev–Trinajstić information content (AvgIpc) is 3.63. The molecule has 0 atom stereocenters.